The molecule has 0 saturated heterocycles. The molecule has 0 spiro atoms. The molecule has 1 aromatic heterocycles. The summed E-state index contributed by atoms with van der Waals surface area (Å²) in [5, 5.41) is 4.20. The van der Waals surface area contributed by atoms with Gasteiger partial charge in [0.25, 0.3) is 0 Å². The van der Waals surface area contributed by atoms with Crippen molar-refractivity contribution in [1.82, 2.24) is 14.8 Å². The average Bonchev–Trinajstić information content (AvgIpc) is 2.78. The molecule has 1 aromatic carbocycles. The molecule has 0 radical (unpaired) electrons. The quantitative estimate of drug-likeness (QED) is 0.855. The van der Waals surface area contributed by atoms with Crippen LogP contribution in [0.1, 0.15) is 36.7 Å². The lowest BCUT2D eigenvalue weighted by atomic mass is 10.0. The van der Waals surface area contributed by atoms with Crippen molar-refractivity contribution in [2.45, 2.75) is 26.3 Å². The lowest BCUT2D eigenvalue weighted by Crippen LogP contribution is -2.12. The first kappa shape index (κ1) is 12.7. The van der Waals surface area contributed by atoms with Crippen LogP contribution in [-0.2, 0) is 6.54 Å². The molecule has 0 aliphatic heterocycles. The van der Waals surface area contributed by atoms with Crippen molar-refractivity contribution in [3.05, 3.63) is 47.5 Å². The number of aromatic nitrogens is 3. The standard InChI is InChI=1S/C13H16N4S/c1-9(2)11-5-3-10(4-6-11)7-17-8-15-13(16-17)12(14)18/h3-6,8-9H,7H2,1-2H3,(H2,14,18). The van der Waals surface area contributed by atoms with Crippen molar-refractivity contribution in [2.24, 2.45) is 5.73 Å². The van der Waals surface area contributed by atoms with Crippen LogP contribution in [0, 0.1) is 0 Å². The highest BCUT2D eigenvalue weighted by atomic mass is 32.1. The van der Waals surface area contributed by atoms with Crippen LogP contribution in [0.4, 0.5) is 0 Å². The number of nitrogens with two attached hydrogens (primary N) is 1. The Kier molecular flexibility index (Phi) is 3.72. The normalized spacial score (nSPS) is 10.8. The predicted molar refractivity (Wildman–Crippen MR) is 75.5 cm³/mol. The molecule has 0 atom stereocenters. The van der Waals surface area contributed by atoms with E-state index in [1.54, 1.807) is 11.0 Å². The first-order chi connectivity index (χ1) is 8.56. The van der Waals surface area contributed by atoms with E-state index in [4.69, 9.17) is 18.0 Å². The molecule has 0 fully saturated rings. The molecule has 2 aromatic rings. The van der Waals surface area contributed by atoms with Crippen LogP contribution in [-0.4, -0.2) is 19.8 Å². The summed E-state index contributed by atoms with van der Waals surface area (Å²) in [5.41, 5.74) is 7.98. The summed E-state index contributed by atoms with van der Waals surface area (Å²) in [4.78, 5) is 4.27. The van der Waals surface area contributed by atoms with Crippen LogP contribution < -0.4 is 5.73 Å². The van der Waals surface area contributed by atoms with Crippen molar-refractivity contribution in [2.75, 3.05) is 0 Å². The van der Waals surface area contributed by atoms with Crippen LogP contribution in [0.3, 0.4) is 0 Å². The Labute approximate surface area is 112 Å². The van der Waals surface area contributed by atoms with Gasteiger partial charge in [-0.2, -0.15) is 0 Å². The van der Waals surface area contributed by atoms with Crippen LogP contribution >= 0.6 is 12.2 Å². The first-order valence-corrected chi connectivity index (χ1v) is 6.25. The fraction of sp³-hybridized carbons (Fsp3) is 0.308. The van der Waals surface area contributed by atoms with E-state index in [2.05, 4.69) is 48.2 Å². The highest BCUT2D eigenvalue weighted by Gasteiger charge is 2.04. The molecular formula is C13H16N4S. The van der Waals surface area contributed by atoms with Gasteiger partial charge in [-0.25, -0.2) is 9.67 Å². The third-order valence-electron chi connectivity index (χ3n) is 2.75. The van der Waals surface area contributed by atoms with Gasteiger partial charge in [-0.05, 0) is 17.0 Å². The Morgan fingerprint density at radius 3 is 2.50 bits per heavy atom. The summed E-state index contributed by atoms with van der Waals surface area (Å²) >= 11 is 4.83. The summed E-state index contributed by atoms with van der Waals surface area (Å²) in [7, 11) is 0. The van der Waals surface area contributed by atoms with E-state index >= 15 is 0 Å². The molecule has 0 aliphatic rings. The van der Waals surface area contributed by atoms with Gasteiger partial charge in [0.2, 0.25) is 5.82 Å². The number of hydrogen-bond acceptors (Lipinski definition) is 3. The SMILES string of the molecule is CC(C)c1ccc(Cn2cnc(C(N)=S)n2)cc1. The molecule has 94 valence electrons. The second-order valence-corrected chi connectivity index (χ2v) is 4.97. The van der Waals surface area contributed by atoms with Crippen molar-refractivity contribution in [1.29, 1.82) is 0 Å². The maximum atomic E-state index is 5.47. The molecule has 1 heterocycles. The Bertz CT molecular complexity index is 542. The molecule has 4 nitrogen and oxygen atoms in total. The Morgan fingerprint density at radius 1 is 1.33 bits per heavy atom. The van der Waals surface area contributed by atoms with Gasteiger partial charge in [-0.1, -0.05) is 50.3 Å². The zero-order chi connectivity index (χ0) is 13.1. The molecule has 18 heavy (non-hydrogen) atoms. The Balaban J connectivity index is 2.10. The number of thiocarbonyl (C=S) groups is 1. The van der Waals surface area contributed by atoms with Crippen molar-refractivity contribution in [3.8, 4) is 0 Å². The van der Waals surface area contributed by atoms with Crippen LogP contribution in [0.15, 0.2) is 30.6 Å². The molecule has 5 heteroatoms. The molecule has 0 amide bonds. The number of nitrogens with zero attached hydrogens (tertiary/aromatic N) is 3. The topological polar surface area (TPSA) is 56.7 Å². The maximum absolute atomic E-state index is 5.47. The van der Waals surface area contributed by atoms with Crippen molar-refractivity contribution >= 4 is 17.2 Å². The second-order valence-electron chi connectivity index (χ2n) is 4.53. The van der Waals surface area contributed by atoms with Gasteiger partial charge in [0, 0.05) is 0 Å². The molecule has 0 aliphatic carbocycles. The average molecular weight is 260 g/mol. The van der Waals surface area contributed by atoms with Gasteiger partial charge in [0.15, 0.2) is 0 Å². The zero-order valence-electron chi connectivity index (χ0n) is 10.5. The summed E-state index contributed by atoms with van der Waals surface area (Å²) in [6, 6.07) is 8.51. The third kappa shape index (κ3) is 2.92. The minimum Gasteiger partial charge on any atom is -0.387 e. The monoisotopic (exact) mass is 260 g/mol. The molecule has 2 rings (SSSR count). The van der Waals surface area contributed by atoms with E-state index < -0.39 is 0 Å². The number of rotatable bonds is 4. The summed E-state index contributed by atoms with van der Waals surface area (Å²) in [6.45, 7) is 5.04. The Morgan fingerprint density at radius 2 is 2.00 bits per heavy atom. The van der Waals surface area contributed by atoms with Gasteiger partial charge >= 0.3 is 0 Å². The summed E-state index contributed by atoms with van der Waals surface area (Å²) in [6.07, 6.45) is 1.64. The smallest absolute Gasteiger partial charge is 0.208 e. The van der Waals surface area contributed by atoms with E-state index in [0.29, 0.717) is 18.3 Å². The van der Waals surface area contributed by atoms with E-state index in [1.807, 2.05) is 0 Å². The van der Waals surface area contributed by atoms with Gasteiger partial charge in [-0.15, -0.1) is 5.10 Å². The molecule has 0 unspecified atom stereocenters. The second kappa shape index (κ2) is 5.27. The van der Waals surface area contributed by atoms with Gasteiger partial charge < -0.3 is 5.73 Å². The summed E-state index contributed by atoms with van der Waals surface area (Å²) < 4.78 is 1.73. The summed E-state index contributed by atoms with van der Waals surface area (Å²) in [5.74, 6) is 0.968. The third-order valence-corrected chi connectivity index (χ3v) is 2.93. The molecule has 0 bridgehead atoms. The fourth-order valence-electron chi connectivity index (χ4n) is 1.68. The highest BCUT2D eigenvalue weighted by molar-refractivity contribution is 7.80. The lowest BCUT2D eigenvalue weighted by molar-refractivity contribution is 0.683. The van der Waals surface area contributed by atoms with Crippen LogP contribution in [0.2, 0.25) is 0 Å². The van der Waals surface area contributed by atoms with Crippen molar-refractivity contribution < 1.29 is 0 Å². The van der Waals surface area contributed by atoms with E-state index in [-0.39, 0.29) is 4.99 Å². The van der Waals surface area contributed by atoms with E-state index in [0.717, 1.165) is 0 Å². The molecular weight excluding hydrogens is 244 g/mol. The predicted octanol–water partition coefficient (Wildman–Crippen LogP) is 2.08. The first-order valence-electron chi connectivity index (χ1n) is 5.84. The van der Waals surface area contributed by atoms with E-state index in [9.17, 15) is 0 Å². The lowest BCUT2D eigenvalue weighted by Gasteiger charge is -2.06. The minimum absolute atomic E-state index is 0.226. The largest absolute Gasteiger partial charge is 0.387 e. The highest BCUT2D eigenvalue weighted by Crippen LogP contribution is 2.15. The maximum Gasteiger partial charge on any atom is 0.208 e. The van der Waals surface area contributed by atoms with Crippen LogP contribution in [0.25, 0.3) is 0 Å². The number of hydrogen-bond donors (Lipinski definition) is 1. The molecule has 2 N–H and O–H groups in total. The molecule has 0 saturated carbocycles. The zero-order valence-corrected chi connectivity index (χ0v) is 11.3. The van der Waals surface area contributed by atoms with Crippen LogP contribution in [0.5, 0.6) is 0 Å². The van der Waals surface area contributed by atoms with Gasteiger partial charge in [-0.3, -0.25) is 0 Å². The van der Waals surface area contributed by atoms with Gasteiger partial charge in [0.05, 0.1) is 6.54 Å². The van der Waals surface area contributed by atoms with E-state index in [1.165, 1.54) is 11.1 Å². The number of benzene rings is 1. The van der Waals surface area contributed by atoms with Gasteiger partial charge in [0.1, 0.15) is 11.3 Å². The van der Waals surface area contributed by atoms with Crippen molar-refractivity contribution in [3.63, 3.8) is 0 Å². The fourth-order valence-corrected chi connectivity index (χ4v) is 1.77. The Hall–Kier alpha value is -1.75. The minimum atomic E-state index is 0.226.